The summed E-state index contributed by atoms with van der Waals surface area (Å²) in [5.74, 6) is -1.29. The fourth-order valence-electron chi connectivity index (χ4n) is 1.08. The van der Waals surface area contributed by atoms with Crippen molar-refractivity contribution in [1.82, 2.24) is 5.32 Å². The third-order valence-corrected chi connectivity index (χ3v) is 5.96. The monoisotopic (exact) mass is 557 g/mol. The van der Waals surface area contributed by atoms with Gasteiger partial charge in [-0.05, 0) is 73.8 Å². The van der Waals surface area contributed by atoms with Gasteiger partial charge < -0.3 is 10.4 Å². The van der Waals surface area contributed by atoms with E-state index in [9.17, 15) is 9.59 Å². The first-order chi connectivity index (χ1) is 7.40. The Morgan fingerprint density at radius 3 is 2.25 bits per heavy atom. The molecular weight excluding hydrogens is 551 g/mol. The van der Waals surface area contributed by atoms with Crippen LogP contribution < -0.4 is 5.32 Å². The molecule has 0 heterocycles. The lowest BCUT2D eigenvalue weighted by Gasteiger charge is -2.10. The summed E-state index contributed by atoms with van der Waals surface area (Å²) < 4.78 is 2.00. The van der Waals surface area contributed by atoms with Crippen LogP contribution in [0.1, 0.15) is 20.7 Å². The number of hydrogen-bond donors (Lipinski definition) is 2. The van der Waals surface area contributed by atoms with E-state index in [0.29, 0.717) is 9.13 Å². The largest absolute Gasteiger partial charge is 0.478 e. The summed E-state index contributed by atoms with van der Waals surface area (Å²) in [5.41, 5.74) is 0.581. The summed E-state index contributed by atoms with van der Waals surface area (Å²) >= 11 is 5.95. The van der Waals surface area contributed by atoms with E-state index < -0.39 is 5.97 Å². The van der Waals surface area contributed by atoms with Gasteiger partial charge in [-0.1, -0.05) is 0 Å². The molecule has 0 radical (unpaired) electrons. The second-order valence-electron chi connectivity index (χ2n) is 2.79. The molecule has 0 spiro atoms. The van der Waals surface area contributed by atoms with Crippen LogP contribution in [-0.2, 0) is 0 Å². The van der Waals surface area contributed by atoms with Gasteiger partial charge in [-0.3, -0.25) is 4.79 Å². The molecule has 0 aliphatic carbocycles. The van der Waals surface area contributed by atoms with Gasteiger partial charge >= 0.3 is 5.97 Å². The number of benzene rings is 1. The van der Waals surface area contributed by atoms with Crippen LogP contribution in [0.2, 0.25) is 0 Å². The average molecular weight is 557 g/mol. The number of halogens is 3. The summed E-state index contributed by atoms with van der Waals surface area (Å²) in [5, 5.41) is 11.5. The number of carbonyl (C=O) groups is 2. The van der Waals surface area contributed by atoms with Crippen LogP contribution in [0.25, 0.3) is 0 Å². The first kappa shape index (κ1) is 14.4. The van der Waals surface area contributed by atoms with Crippen LogP contribution in [0.5, 0.6) is 0 Å². The molecule has 86 valence electrons. The number of carbonyl (C=O) groups excluding carboxylic acids is 1. The minimum absolute atomic E-state index is 0.156. The van der Waals surface area contributed by atoms with Crippen LogP contribution in [0.3, 0.4) is 0 Å². The summed E-state index contributed by atoms with van der Waals surface area (Å²) in [7, 11) is 1.52. The van der Waals surface area contributed by atoms with Crippen molar-refractivity contribution in [2.24, 2.45) is 0 Å². The molecule has 0 fully saturated rings. The molecule has 1 aromatic carbocycles. The van der Waals surface area contributed by atoms with E-state index in [-0.39, 0.29) is 11.5 Å². The average Bonchev–Trinajstić information content (AvgIpc) is 2.22. The Labute approximate surface area is 133 Å². The lowest BCUT2D eigenvalue weighted by molar-refractivity contribution is 0.0695. The molecule has 2 N–H and O–H groups in total. The second kappa shape index (κ2) is 5.80. The topological polar surface area (TPSA) is 66.4 Å². The highest BCUT2D eigenvalue weighted by Gasteiger charge is 2.21. The molecule has 0 aliphatic rings. The van der Waals surface area contributed by atoms with Crippen LogP contribution in [0.4, 0.5) is 0 Å². The van der Waals surface area contributed by atoms with Gasteiger partial charge in [0.25, 0.3) is 5.91 Å². The number of nitrogens with one attached hydrogen (secondary N) is 1. The SMILES string of the molecule is CNC(=O)c1c(I)c(I)cc(C(=O)O)c1I. The fourth-order valence-corrected chi connectivity index (χ4v) is 3.75. The highest BCUT2D eigenvalue weighted by Crippen LogP contribution is 2.27. The standard InChI is InChI=1S/C9H6I3NO3/c1-13-8(14)5-6(11)3(9(15)16)2-4(10)7(5)12/h2H,1H3,(H,13,14)(H,15,16). The Bertz CT molecular complexity index is 474. The normalized spacial score (nSPS) is 10.0. The van der Waals surface area contributed by atoms with Crippen molar-refractivity contribution in [3.05, 3.63) is 27.9 Å². The van der Waals surface area contributed by atoms with E-state index in [4.69, 9.17) is 5.11 Å². The van der Waals surface area contributed by atoms with Gasteiger partial charge in [0.15, 0.2) is 0 Å². The first-order valence-electron chi connectivity index (χ1n) is 4.03. The van der Waals surface area contributed by atoms with Crippen molar-refractivity contribution in [3.8, 4) is 0 Å². The van der Waals surface area contributed by atoms with Crippen molar-refractivity contribution in [1.29, 1.82) is 0 Å². The molecule has 1 amide bonds. The minimum Gasteiger partial charge on any atom is -0.478 e. The van der Waals surface area contributed by atoms with Crippen LogP contribution >= 0.6 is 67.8 Å². The Morgan fingerprint density at radius 2 is 1.81 bits per heavy atom. The molecule has 0 bridgehead atoms. The smallest absolute Gasteiger partial charge is 0.336 e. The van der Waals surface area contributed by atoms with Crippen molar-refractivity contribution in [2.75, 3.05) is 7.05 Å². The highest BCUT2D eigenvalue weighted by molar-refractivity contribution is 14.1. The zero-order valence-electron chi connectivity index (χ0n) is 7.97. The second-order valence-corrected chi connectivity index (χ2v) is 6.11. The lowest BCUT2D eigenvalue weighted by atomic mass is 10.1. The van der Waals surface area contributed by atoms with Gasteiger partial charge in [0, 0.05) is 17.8 Å². The maximum Gasteiger partial charge on any atom is 0.336 e. The number of carboxylic acid groups (broad SMARTS) is 1. The Kier molecular flexibility index (Phi) is 5.22. The molecule has 7 heteroatoms. The Morgan fingerprint density at radius 1 is 1.25 bits per heavy atom. The molecule has 1 aromatic rings. The molecule has 0 unspecified atom stereocenters. The third-order valence-electron chi connectivity index (χ3n) is 1.84. The van der Waals surface area contributed by atoms with Crippen LogP contribution in [0, 0.1) is 10.7 Å². The van der Waals surface area contributed by atoms with Gasteiger partial charge in [0.05, 0.1) is 11.1 Å². The molecule has 0 saturated carbocycles. The van der Waals surface area contributed by atoms with E-state index in [2.05, 4.69) is 5.32 Å². The van der Waals surface area contributed by atoms with E-state index >= 15 is 0 Å². The summed E-state index contributed by atoms with van der Waals surface area (Å²) in [6, 6.07) is 1.57. The maximum atomic E-state index is 11.7. The number of aromatic carboxylic acids is 1. The molecule has 4 nitrogen and oxygen atoms in total. The number of hydrogen-bond acceptors (Lipinski definition) is 2. The number of amides is 1. The Balaban J connectivity index is 3.58. The van der Waals surface area contributed by atoms with Crippen LogP contribution in [0.15, 0.2) is 6.07 Å². The molecule has 16 heavy (non-hydrogen) atoms. The number of rotatable bonds is 2. The van der Waals surface area contributed by atoms with Gasteiger partial charge in [0.2, 0.25) is 0 Å². The maximum absolute atomic E-state index is 11.7. The van der Waals surface area contributed by atoms with E-state index in [0.717, 1.165) is 7.14 Å². The molecular formula is C9H6I3NO3. The van der Waals surface area contributed by atoms with Gasteiger partial charge in [-0.2, -0.15) is 0 Å². The predicted molar refractivity (Wildman–Crippen MR) is 84.9 cm³/mol. The zero-order chi connectivity index (χ0) is 12.5. The van der Waals surface area contributed by atoms with Crippen molar-refractivity contribution < 1.29 is 14.7 Å². The molecule has 0 aromatic heterocycles. The molecule has 0 atom stereocenters. The van der Waals surface area contributed by atoms with Gasteiger partial charge in [-0.15, -0.1) is 0 Å². The van der Waals surface area contributed by atoms with Gasteiger partial charge in [-0.25, -0.2) is 4.79 Å². The molecule has 0 saturated heterocycles. The Hall–Kier alpha value is 0.350. The summed E-state index contributed by atoms with van der Waals surface area (Å²) in [6.07, 6.45) is 0. The quantitative estimate of drug-likeness (QED) is 0.435. The van der Waals surface area contributed by atoms with E-state index in [1.807, 2.05) is 67.8 Å². The van der Waals surface area contributed by atoms with Crippen molar-refractivity contribution in [3.63, 3.8) is 0 Å². The van der Waals surface area contributed by atoms with Crippen molar-refractivity contribution in [2.45, 2.75) is 0 Å². The predicted octanol–water partition coefficient (Wildman–Crippen LogP) is 2.56. The van der Waals surface area contributed by atoms with E-state index in [1.54, 1.807) is 6.07 Å². The third kappa shape index (κ3) is 2.78. The van der Waals surface area contributed by atoms with Crippen molar-refractivity contribution >= 4 is 79.6 Å². The van der Waals surface area contributed by atoms with Crippen LogP contribution in [-0.4, -0.2) is 24.0 Å². The molecule has 0 aliphatic heterocycles. The zero-order valence-corrected chi connectivity index (χ0v) is 14.4. The van der Waals surface area contributed by atoms with Gasteiger partial charge in [0.1, 0.15) is 0 Å². The lowest BCUT2D eigenvalue weighted by Crippen LogP contribution is -2.22. The molecule has 1 rings (SSSR count). The highest BCUT2D eigenvalue weighted by atomic mass is 127. The summed E-state index contributed by atoms with van der Waals surface area (Å²) in [6.45, 7) is 0. The van der Waals surface area contributed by atoms with E-state index in [1.165, 1.54) is 7.05 Å². The summed E-state index contributed by atoms with van der Waals surface area (Å²) in [4.78, 5) is 22.7. The fraction of sp³-hybridized carbons (Fsp3) is 0.111. The first-order valence-corrected chi connectivity index (χ1v) is 7.26. The minimum atomic E-state index is -1.02. The number of carboxylic acids is 1.